The molecule has 0 unspecified atom stereocenters. The lowest BCUT2D eigenvalue weighted by Gasteiger charge is -2.39. The van der Waals surface area contributed by atoms with E-state index in [4.69, 9.17) is 9.47 Å². The molecule has 4 heterocycles. The third-order valence-corrected chi connectivity index (χ3v) is 6.77. The van der Waals surface area contributed by atoms with Crippen molar-refractivity contribution in [2.75, 3.05) is 18.5 Å². The lowest BCUT2D eigenvalue weighted by molar-refractivity contribution is -0.182. The number of aromatic nitrogens is 4. The maximum absolute atomic E-state index is 12.9. The van der Waals surface area contributed by atoms with Crippen molar-refractivity contribution in [1.82, 2.24) is 19.7 Å². The van der Waals surface area contributed by atoms with E-state index in [1.54, 1.807) is 23.1 Å². The first-order valence-corrected chi connectivity index (χ1v) is 11.4. The van der Waals surface area contributed by atoms with Crippen molar-refractivity contribution in [1.29, 1.82) is 5.26 Å². The Morgan fingerprint density at radius 3 is 2.41 bits per heavy atom. The molecule has 5 rings (SSSR count). The van der Waals surface area contributed by atoms with Crippen molar-refractivity contribution in [3.05, 3.63) is 65.4 Å². The Hall–Kier alpha value is -3.61. The molecule has 0 bridgehead atoms. The van der Waals surface area contributed by atoms with Gasteiger partial charge in [-0.1, -0.05) is 6.07 Å². The minimum absolute atomic E-state index is 0.282. The van der Waals surface area contributed by atoms with Gasteiger partial charge in [-0.25, -0.2) is 9.67 Å². The molecule has 34 heavy (non-hydrogen) atoms. The second-order valence-corrected chi connectivity index (χ2v) is 8.94. The predicted octanol–water partition coefficient (Wildman–Crippen LogP) is 3.61. The molecule has 0 radical (unpaired) electrons. The van der Waals surface area contributed by atoms with Gasteiger partial charge in [0, 0.05) is 19.0 Å². The summed E-state index contributed by atoms with van der Waals surface area (Å²) in [5.41, 5.74) is 2.77. The largest absolute Gasteiger partial charge is 0.348 e. The number of nitrogens with zero attached hydrogens (tertiary/aromatic N) is 5. The number of pyridine rings is 2. The number of rotatable bonds is 4. The van der Waals surface area contributed by atoms with Crippen LogP contribution < -0.4 is 5.32 Å². The van der Waals surface area contributed by atoms with Gasteiger partial charge < -0.3 is 14.8 Å². The van der Waals surface area contributed by atoms with Crippen LogP contribution in [0.5, 0.6) is 0 Å². The number of carbonyl (C=O) groups is 1. The van der Waals surface area contributed by atoms with E-state index in [0.717, 1.165) is 5.56 Å². The number of anilines is 1. The summed E-state index contributed by atoms with van der Waals surface area (Å²) >= 11 is 0. The highest BCUT2D eigenvalue weighted by atomic mass is 16.7. The van der Waals surface area contributed by atoms with Gasteiger partial charge in [-0.3, -0.25) is 9.78 Å². The fourth-order valence-electron chi connectivity index (χ4n) is 4.67. The first kappa shape index (κ1) is 22.2. The molecule has 1 saturated heterocycles. The molecular weight excluding hydrogens is 432 g/mol. The van der Waals surface area contributed by atoms with Crippen molar-refractivity contribution in [3.8, 4) is 11.9 Å². The number of hydrogen-bond donors (Lipinski definition) is 1. The number of hydrogen-bond acceptors (Lipinski definition) is 7. The van der Waals surface area contributed by atoms with Gasteiger partial charge >= 0.3 is 0 Å². The fourth-order valence-corrected chi connectivity index (χ4v) is 4.67. The van der Waals surface area contributed by atoms with Gasteiger partial charge in [0.25, 0.3) is 5.91 Å². The molecule has 9 nitrogen and oxygen atoms in total. The van der Waals surface area contributed by atoms with Crippen LogP contribution in [0.25, 0.3) is 5.82 Å². The smallest absolute Gasteiger partial charge is 0.259 e. The number of aryl methyl sites for hydroxylation is 1. The first-order valence-electron chi connectivity index (χ1n) is 11.4. The van der Waals surface area contributed by atoms with Gasteiger partial charge in [0.15, 0.2) is 11.6 Å². The van der Waals surface area contributed by atoms with Gasteiger partial charge in [-0.15, -0.1) is 0 Å². The van der Waals surface area contributed by atoms with Crippen LogP contribution in [-0.2, 0) is 14.9 Å². The third-order valence-electron chi connectivity index (χ3n) is 6.77. The quantitative estimate of drug-likeness (QED) is 0.635. The van der Waals surface area contributed by atoms with Crippen LogP contribution in [0.15, 0.2) is 42.9 Å². The molecule has 1 aliphatic carbocycles. The Labute approximate surface area is 197 Å². The van der Waals surface area contributed by atoms with Gasteiger partial charge in [-0.05, 0) is 50.5 Å². The van der Waals surface area contributed by atoms with E-state index in [1.165, 1.54) is 6.20 Å². The van der Waals surface area contributed by atoms with E-state index in [9.17, 15) is 10.1 Å². The minimum Gasteiger partial charge on any atom is -0.348 e. The summed E-state index contributed by atoms with van der Waals surface area (Å²) in [6.07, 6.45) is 7.46. The summed E-state index contributed by atoms with van der Waals surface area (Å²) in [7, 11) is 0. The second-order valence-electron chi connectivity index (χ2n) is 8.94. The van der Waals surface area contributed by atoms with Crippen molar-refractivity contribution in [3.63, 3.8) is 0 Å². The van der Waals surface area contributed by atoms with Crippen LogP contribution in [0.3, 0.4) is 0 Å². The lowest BCUT2D eigenvalue weighted by Crippen LogP contribution is -2.41. The molecule has 3 aromatic heterocycles. The zero-order chi connectivity index (χ0) is 23.8. The molecule has 9 heteroatoms. The van der Waals surface area contributed by atoms with E-state index in [0.29, 0.717) is 67.4 Å². The van der Waals surface area contributed by atoms with E-state index < -0.39 is 11.2 Å². The van der Waals surface area contributed by atoms with Crippen LogP contribution in [0.1, 0.15) is 53.0 Å². The molecule has 1 amide bonds. The molecule has 2 aliphatic rings. The summed E-state index contributed by atoms with van der Waals surface area (Å²) in [5.74, 6) is -0.168. The summed E-state index contributed by atoms with van der Waals surface area (Å²) < 4.78 is 13.2. The Bertz CT molecular complexity index is 1230. The summed E-state index contributed by atoms with van der Waals surface area (Å²) in [6, 6.07) is 9.89. The van der Waals surface area contributed by atoms with Gasteiger partial charge in [0.1, 0.15) is 0 Å². The summed E-state index contributed by atoms with van der Waals surface area (Å²) in [5, 5.41) is 17.2. The van der Waals surface area contributed by atoms with Crippen molar-refractivity contribution in [2.24, 2.45) is 0 Å². The number of amides is 1. The summed E-state index contributed by atoms with van der Waals surface area (Å²) in [4.78, 5) is 21.8. The van der Waals surface area contributed by atoms with Crippen LogP contribution in [0.4, 0.5) is 5.69 Å². The average molecular weight is 459 g/mol. The van der Waals surface area contributed by atoms with Crippen LogP contribution >= 0.6 is 0 Å². The van der Waals surface area contributed by atoms with Crippen LogP contribution in [0, 0.1) is 25.2 Å². The topological polar surface area (TPSA) is 115 Å². The highest BCUT2D eigenvalue weighted by Gasteiger charge is 2.48. The molecule has 0 atom stereocenters. The molecule has 1 N–H and O–H groups in total. The standard InChI is InChI=1S/C25H26N6O3/c1-17-3-6-22(28-13-17)31-18(2)20(15-29-31)23(32)30-19-4-5-21(27-14-19)24(16-26)7-9-25(10-8-24)33-11-12-34-25/h3-6,13-15H,7-12H2,1-2H3,(H,30,32). The zero-order valence-corrected chi connectivity index (χ0v) is 19.2. The van der Waals surface area contributed by atoms with Gasteiger partial charge in [-0.2, -0.15) is 10.4 Å². The van der Waals surface area contributed by atoms with Crippen molar-refractivity contribution >= 4 is 11.6 Å². The SMILES string of the molecule is Cc1ccc(-n2ncc(C(=O)Nc3ccc(C4(C#N)CCC5(CC4)OCCO5)nc3)c2C)nc1. The minimum atomic E-state index is -0.679. The summed E-state index contributed by atoms with van der Waals surface area (Å²) in [6.45, 7) is 5.00. The van der Waals surface area contributed by atoms with E-state index in [2.05, 4.69) is 26.5 Å². The maximum Gasteiger partial charge on any atom is 0.259 e. The van der Waals surface area contributed by atoms with E-state index in [1.807, 2.05) is 32.0 Å². The Kier molecular flexibility index (Phi) is 5.63. The molecule has 0 aromatic carbocycles. The van der Waals surface area contributed by atoms with Crippen molar-refractivity contribution < 1.29 is 14.3 Å². The van der Waals surface area contributed by atoms with E-state index in [-0.39, 0.29) is 5.91 Å². The fraction of sp³-hybridized carbons (Fsp3) is 0.400. The average Bonchev–Trinajstić information content (AvgIpc) is 3.48. The second kappa shape index (κ2) is 8.63. The highest BCUT2D eigenvalue weighted by Crippen LogP contribution is 2.45. The highest BCUT2D eigenvalue weighted by molar-refractivity contribution is 6.04. The Balaban J connectivity index is 1.29. The molecule has 1 spiro atoms. The monoisotopic (exact) mass is 458 g/mol. The number of nitrogens with one attached hydrogen (secondary N) is 1. The molecule has 1 aliphatic heterocycles. The normalized spacial score (nSPS) is 18.5. The van der Waals surface area contributed by atoms with Crippen molar-refractivity contribution in [2.45, 2.75) is 50.7 Å². The van der Waals surface area contributed by atoms with Gasteiger partial charge in [0.05, 0.1) is 59.7 Å². The maximum atomic E-state index is 12.9. The molecule has 3 aromatic rings. The molecular formula is C25H26N6O3. The zero-order valence-electron chi connectivity index (χ0n) is 19.2. The number of nitriles is 1. The van der Waals surface area contributed by atoms with E-state index >= 15 is 0 Å². The van der Waals surface area contributed by atoms with Crippen LogP contribution in [-0.4, -0.2) is 44.7 Å². The number of ether oxygens (including phenoxy) is 2. The molecule has 1 saturated carbocycles. The van der Waals surface area contributed by atoms with Gasteiger partial charge in [0.2, 0.25) is 0 Å². The first-order chi connectivity index (χ1) is 16.4. The predicted molar refractivity (Wildman–Crippen MR) is 123 cm³/mol. The Morgan fingerprint density at radius 1 is 1.03 bits per heavy atom. The molecule has 2 fully saturated rings. The third kappa shape index (κ3) is 3.95. The molecule has 174 valence electrons. The van der Waals surface area contributed by atoms with Crippen LogP contribution in [0.2, 0.25) is 0 Å². The lowest BCUT2D eigenvalue weighted by atomic mass is 9.70. The number of carbonyl (C=O) groups excluding carboxylic acids is 1. The Morgan fingerprint density at radius 2 is 1.79 bits per heavy atom.